The summed E-state index contributed by atoms with van der Waals surface area (Å²) in [6.45, 7) is 0.310. The molecule has 1 aromatic carbocycles. The van der Waals surface area contributed by atoms with E-state index in [9.17, 15) is 13.2 Å². The fourth-order valence-corrected chi connectivity index (χ4v) is 3.82. The third kappa shape index (κ3) is 4.14. The van der Waals surface area contributed by atoms with Crippen LogP contribution < -0.4 is 10.1 Å². The molecule has 0 radical (unpaired) electrons. The number of hydrogen-bond donors (Lipinski definition) is 1. The van der Waals surface area contributed by atoms with Crippen LogP contribution in [0.5, 0.6) is 5.75 Å². The maximum Gasteiger partial charge on any atom is 0.418 e. The van der Waals surface area contributed by atoms with Crippen LogP contribution in [0.1, 0.15) is 10.4 Å². The Hall–Kier alpha value is -0.730. The highest BCUT2D eigenvalue weighted by Gasteiger charge is 2.34. The molecule has 0 aliphatic rings. The van der Waals surface area contributed by atoms with Gasteiger partial charge in [-0.1, -0.05) is 0 Å². The molecule has 114 valence electrons. The summed E-state index contributed by atoms with van der Waals surface area (Å²) in [6, 6.07) is 5.72. The molecule has 0 saturated carbocycles. The lowest BCUT2D eigenvalue weighted by Crippen LogP contribution is -2.10. The summed E-state index contributed by atoms with van der Waals surface area (Å²) in [7, 11) is 1.34. The molecule has 2 nitrogen and oxygen atoms in total. The molecule has 0 atom stereocenters. The molecule has 21 heavy (non-hydrogen) atoms. The molecular formula is C13H10Br2F3NOS. The first-order valence-electron chi connectivity index (χ1n) is 5.74. The first-order chi connectivity index (χ1) is 9.81. The molecule has 2 rings (SSSR count). The van der Waals surface area contributed by atoms with Gasteiger partial charge in [0.1, 0.15) is 5.75 Å². The van der Waals surface area contributed by atoms with Crippen molar-refractivity contribution in [1.82, 2.24) is 0 Å². The summed E-state index contributed by atoms with van der Waals surface area (Å²) in [5.74, 6) is 0.175. The monoisotopic (exact) mass is 443 g/mol. The summed E-state index contributed by atoms with van der Waals surface area (Å²) in [5, 5.41) is 2.82. The molecule has 1 heterocycles. The van der Waals surface area contributed by atoms with Crippen molar-refractivity contribution in [2.24, 2.45) is 0 Å². The highest BCUT2D eigenvalue weighted by Crippen LogP contribution is 2.38. The molecule has 0 saturated heterocycles. The minimum atomic E-state index is -4.44. The third-order valence-electron chi connectivity index (χ3n) is 2.68. The van der Waals surface area contributed by atoms with Gasteiger partial charge in [-0.25, -0.2) is 0 Å². The van der Waals surface area contributed by atoms with E-state index in [0.717, 1.165) is 19.2 Å². The first kappa shape index (κ1) is 16.6. The first-order valence-corrected chi connectivity index (χ1v) is 8.14. The predicted octanol–water partition coefficient (Wildman–Crippen LogP) is 5.91. The van der Waals surface area contributed by atoms with E-state index in [-0.39, 0.29) is 11.4 Å². The Kier molecular flexibility index (Phi) is 5.21. The Morgan fingerprint density at radius 2 is 1.95 bits per heavy atom. The summed E-state index contributed by atoms with van der Waals surface area (Å²) < 4.78 is 45.8. The zero-order chi connectivity index (χ0) is 15.6. The number of halogens is 5. The third-order valence-corrected chi connectivity index (χ3v) is 5.94. The number of nitrogens with one attached hydrogen (secondary N) is 1. The van der Waals surface area contributed by atoms with Gasteiger partial charge in [0.25, 0.3) is 0 Å². The number of benzene rings is 1. The second kappa shape index (κ2) is 6.58. The number of methoxy groups -OCH3 is 1. The number of hydrogen-bond acceptors (Lipinski definition) is 3. The molecule has 1 aromatic heterocycles. The predicted molar refractivity (Wildman–Crippen MR) is 85.0 cm³/mol. The number of ether oxygens (including phenoxy) is 1. The highest BCUT2D eigenvalue weighted by molar-refractivity contribution is 9.13. The van der Waals surface area contributed by atoms with E-state index in [1.807, 2.05) is 6.07 Å². The molecule has 0 aliphatic heterocycles. The number of alkyl halides is 3. The van der Waals surface area contributed by atoms with Gasteiger partial charge in [0.2, 0.25) is 0 Å². The molecule has 2 aromatic rings. The van der Waals surface area contributed by atoms with Crippen molar-refractivity contribution in [1.29, 1.82) is 0 Å². The van der Waals surface area contributed by atoms with Crippen LogP contribution in [0.15, 0.2) is 32.5 Å². The quantitative estimate of drug-likeness (QED) is 0.632. The van der Waals surface area contributed by atoms with Crippen molar-refractivity contribution < 1.29 is 17.9 Å². The van der Waals surface area contributed by atoms with Crippen molar-refractivity contribution in [3.05, 3.63) is 43.0 Å². The van der Waals surface area contributed by atoms with Gasteiger partial charge in [0.15, 0.2) is 0 Å². The Morgan fingerprint density at radius 3 is 2.48 bits per heavy atom. The molecule has 0 fully saturated rings. The second-order valence-electron chi connectivity index (χ2n) is 4.10. The fourth-order valence-electron chi connectivity index (χ4n) is 1.70. The number of thiophene rings is 1. The molecule has 8 heteroatoms. The Morgan fingerprint density at radius 1 is 1.24 bits per heavy atom. The van der Waals surface area contributed by atoms with Crippen LogP contribution in [0.25, 0.3) is 0 Å². The Bertz CT molecular complexity index is 623. The maximum atomic E-state index is 13.1. The largest absolute Gasteiger partial charge is 0.497 e. The van der Waals surface area contributed by atoms with Crippen LogP contribution in [0, 0.1) is 0 Å². The lowest BCUT2D eigenvalue weighted by Gasteiger charge is -2.15. The van der Waals surface area contributed by atoms with E-state index in [0.29, 0.717) is 6.54 Å². The van der Waals surface area contributed by atoms with Crippen LogP contribution in [0.2, 0.25) is 0 Å². The maximum absolute atomic E-state index is 13.1. The zero-order valence-electron chi connectivity index (χ0n) is 10.7. The smallest absolute Gasteiger partial charge is 0.418 e. The molecular weight excluding hydrogens is 435 g/mol. The van der Waals surface area contributed by atoms with Crippen molar-refractivity contribution in [2.45, 2.75) is 12.7 Å². The van der Waals surface area contributed by atoms with E-state index >= 15 is 0 Å². The topological polar surface area (TPSA) is 21.3 Å². The van der Waals surface area contributed by atoms with Crippen LogP contribution >= 0.6 is 43.2 Å². The zero-order valence-corrected chi connectivity index (χ0v) is 14.7. The molecule has 0 amide bonds. The molecule has 1 N–H and O–H groups in total. The summed E-state index contributed by atoms with van der Waals surface area (Å²) in [6.07, 6.45) is -4.44. The Balaban J connectivity index is 2.23. The average molecular weight is 445 g/mol. The highest BCUT2D eigenvalue weighted by atomic mass is 79.9. The number of rotatable bonds is 4. The van der Waals surface area contributed by atoms with Crippen molar-refractivity contribution in [3.63, 3.8) is 0 Å². The lowest BCUT2D eigenvalue weighted by atomic mass is 10.1. The minimum Gasteiger partial charge on any atom is -0.497 e. The van der Waals surface area contributed by atoms with Crippen LogP contribution in [-0.4, -0.2) is 7.11 Å². The van der Waals surface area contributed by atoms with Crippen LogP contribution in [-0.2, 0) is 12.7 Å². The van der Waals surface area contributed by atoms with Gasteiger partial charge in [0.05, 0.1) is 16.5 Å². The van der Waals surface area contributed by atoms with E-state index in [1.165, 1.54) is 30.6 Å². The van der Waals surface area contributed by atoms with Gasteiger partial charge in [-0.15, -0.1) is 11.3 Å². The molecule has 0 unspecified atom stereocenters. The van der Waals surface area contributed by atoms with Crippen molar-refractivity contribution >= 4 is 48.9 Å². The Labute approximate surface area is 140 Å². The summed E-state index contributed by atoms with van der Waals surface area (Å²) >= 11 is 8.16. The van der Waals surface area contributed by atoms with Gasteiger partial charge in [-0.3, -0.25) is 0 Å². The molecule has 0 aliphatic carbocycles. The van der Waals surface area contributed by atoms with E-state index in [4.69, 9.17) is 4.74 Å². The van der Waals surface area contributed by atoms with E-state index < -0.39 is 11.7 Å². The standard InChI is InChI=1S/C13H10Br2F3NOS/c1-20-7-2-3-11(9(4-7)13(16,17)18)19-6-8-5-10(14)12(15)21-8/h2-5,19H,6H2,1H3. The molecule has 0 spiro atoms. The van der Waals surface area contributed by atoms with Crippen molar-refractivity contribution in [3.8, 4) is 5.75 Å². The van der Waals surface area contributed by atoms with Crippen molar-refractivity contribution in [2.75, 3.05) is 12.4 Å². The van der Waals surface area contributed by atoms with Crippen LogP contribution in [0.3, 0.4) is 0 Å². The SMILES string of the molecule is COc1ccc(NCc2cc(Br)c(Br)s2)c(C(F)(F)F)c1. The van der Waals surface area contributed by atoms with E-state index in [1.54, 1.807) is 0 Å². The lowest BCUT2D eigenvalue weighted by molar-refractivity contribution is -0.137. The second-order valence-corrected chi connectivity index (χ2v) is 7.41. The normalized spacial score (nSPS) is 11.5. The van der Waals surface area contributed by atoms with Gasteiger partial charge in [-0.2, -0.15) is 13.2 Å². The fraction of sp³-hybridized carbons (Fsp3) is 0.231. The van der Waals surface area contributed by atoms with Gasteiger partial charge < -0.3 is 10.1 Å². The van der Waals surface area contributed by atoms with Gasteiger partial charge in [-0.05, 0) is 56.1 Å². The van der Waals surface area contributed by atoms with E-state index in [2.05, 4.69) is 37.2 Å². The summed E-state index contributed by atoms with van der Waals surface area (Å²) in [5.41, 5.74) is -0.708. The van der Waals surface area contributed by atoms with Crippen LogP contribution in [0.4, 0.5) is 18.9 Å². The summed E-state index contributed by atoms with van der Waals surface area (Å²) in [4.78, 5) is 0.915. The molecule has 0 bridgehead atoms. The average Bonchev–Trinajstić information content (AvgIpc) is 2.74. The van der Waals surface area contributed by atoms with Gasteiger partial charge in [0, 0.05) is 21.6 Å². The van der Waals surface area contributed by atoms with Gasteiger partial charge >= 0.3 is 6.18 Å². The minimum absolute atomic E-state index is 0.0314. The number of anilines is 1.